The van der Waals surface area contributed by atoms with Crippen LogP contribution in [-0.4, -0.2) is 65.0 Å². The van der Waals surface area contributed by atoms with Crippen LogP contribution in [0.4, 0.5) is 0 Å². The SMILES string of the molecule is O=C(CSc1nccn1-c1ccc(Cl)cc1)N1CCN(S(=O)(=O)Cc2ccccc2)CC1. The average molecular weight is 491 g/mol. The normalized spacial score (nSPS) is 15.1. The summed E-state index contributed by atoms with van der Waals surface area (Å²) in [7, 11) is -3.41. The van der Waals surface area contributed by atoms with Crippen molar-refractivity contribution in [2.24, 2.45) is 0 Å². The van der Waals surface area contributed by atoms with E-state index in [9.17, 15) is 13.2 Å². The summed E-state index contributed by atoms with van der Waals surface area (Å²) in [5.74, 6) is 0.188. The van der Waals surface area contributed by atoms with Gasteiger partial charge in [0.05, 0.1) is 11.5 Å². The van der Waals surface area contributed by atoms with E-state index in [2.05, 4.69) is 4.98 Å². The molecule has 1 amide bonds. The highest BCUT2D eigenvalue weighted by Crippen LogP contribution is 2.22. The summed E-state index contributed by atoms with van der Waals surface area (Å²) in [6, 6.07) is 16.5. The van der Waals surface area contributed by atoms with Gasteiger partial charge in [-0.3, -0.25) is 9.36 Å². The van der Waals surface area contributed by atoms with E-state index in [1.807, 2.05) is 65.4 Å². The highest BCUT2D eigenvalue weighted by molar-refractivity contribution is 7.99. The number of benzene rings is 2. The fourth-order valence-corrected chi connectivity index (χ4v) is 6.02. The molecular formula is C22H23ClN4O3S2. The monoisotopic (exact) mass is 490 g/mol. The Morgan fingerprint density at radius 2 is 1.69 bits per heavy atom. The Balaban J connectivity index is 1.30. The molecule has 0 spiro atoms. The maximum absolute atomic E-state index is 12.7. The molecule has 1 saturated heterocycles. The molecule has 0 saturated carbocycles. The second-order valence-corrected chi connectivity index (χ2v) is 10.7. The second-order valence-electron chi connectivity index (χ2n) is 7.37. The number of imidazole rings is 1. The van der Waals surface area contributed by atoms with Gasteiger partial charge in [0.25, 0.3) is 0 Å². The first kappa shape index (κ1) is 22.8. The third kappa shape index (κ3) is 5.53. The van der Waals surface area contributed by atoms with E-state index >= 15 is 0 Å². The quantitative estimate of drug-likeness (QED) is 0.475. The lowest BCUT2D eigenvalue weighted by Gasteiger charge is -2.34. The molecule has 4 rings (SSSR count). The number of thioether (sulfide) groups is 1. The predicted molar refractivity (Wildman–Crippen MR) is 127 cm³/mol. The number of hydrogen-bond donors (Lipinski definition) is 0. The number of sulfonamides is 1. The van der Waals surface area contributed by atoms with Crippen LogP contribution in [0.2, 0.25) is 5.02 Å². The molecule has 2 heterocycles. The zero-order valence-electron chi connectivity index (χ0n) is 17.3. The lowest BCUT2D eigenvalue weighted by Crippen LogP contribution is -2.51. The molecule has 1 aliphatic heterocycles. The molecule has 0 aliphatic carbocycles. The van der Waals surface area contributed by atoms with Crippen LogP contribution in [0, 0.1) is 0 Å². The van der Waals surface area contributed by atoms with E-state index in [-0.39, 0.29) is 17.4 Å². The third-order valence-corrected chi connectivity index (χ3v) is 8.27. The smallest absolute Gasteiger partial charge is 0.233 e. The van der Waals surface area contributed by atoms with Crippen molar-refractivity contribution in [3.05, 3.63) is 77.6 Å². The largest absolute Gasteiger partial charge is 0.339 e. The van der Waals surface area contributed by atoms with Gasteiger partial charge >= 0.3 is 0 Å². The van der Waals surface area contributed by atoms with Crippen molar-refractivity contribution in [2.45, 2.75) is 10.9 Å². The molecule has 168 valence electrons. The molecule has 10 heteroatoms. The molecule has 0 radical (unpaired) electrons. The van der Waals surface area contributed by atoms with E-state index in [1.165, 1.54) is 16.1 Å². The Kier molecular flexibility index (Phi) is 7.20. The maximum Gasteiger partial charge on any atom is 0.233 e. The van der Waals surface area contributed by atoms with Crippen molar-refractivity contribution < 1.29 is 13.2 Å². The fraction of sp³-hybridized carbons (Fsp3) is 0.273. The van der Waals surface area contributed by atoms with Crippen LogP contribution in [0.25, 0.3) is 5.69 Å². The van der Waals surface area contributed by atoms with Crippen molar-refractivity contribution in [2.75, 3.05) is 31.9 Å². The van der Waals surface area contributed by atoms with Crippen molar-refractivity contribution in [1.82, 2.24) is 18.8 Å². The van der Waals surface area contributed by atoms with Gasteiger partial charge in [-0.1, -0.05) is 53.7 Å². The summed E-state index contributed by atoms with van der Waals surface area (Å²) in [6.07, 6.45) is 3.53. The van der Waals surface area contributed by atoms with Gasteiger partial charge in [-0.15, -0.1) is 0 Å². The summed E-state index contributed by atoms with van der Waals surface area (Å²) in [4.78, 5) is 18.8. The molecule has 1 aromatic heterocycles. The molecule has 7 nitrogen and oxygen atoms in total. The summed E-state index contributed by atoms with van der Waals surface area (Å²) in [5.41, 5.74) is 1.68. The van der Waals surface area contributed by atoms with Crippen molar-refractivity contribution in [1.29, 1.82) is 0 Å². The average Bonchev–Trinajstić information content (AvgIpc) is 3.27. The molecule has 0 unspecified atom stereocenters. The topological polar surface area (TPSA) is 75.5 Å². The highest BCUT2D eigenvalue weighted by atomic mass is 35.5. The van der Waals surface area contributed by atoms with E-state index in [1.54, 1.807) is 11.1 Å². The van der Waals surface area contributed by atoms with Crippen molar-refractivity contribution >= 4 is 39.3 Å². The predicted octanol–water partition coefficient (Wildman–Crippen LogP) is 3.29. The van der Waals surface area contributed by atoms with Gasteiger partial charge in [-0.2, -0.15) is 4.31 Å². The number of halogens is 1. The summed E-state index contributed by atoms with van der Waals surface area (Å²) >= 11 is 7.32. The third-order valence-electron chi connectivity index (χ3n) is 5.21. The van der Waals surface area contributed by atoms with E-state index in [0.29, 0.717) is 36.4 Å². The van der Waals surface area contributed by atoms with Gasteiger partial charge in [0.15, 0.2) is 5.16 Å². The molecule has 0 N–H and O–H groups in total. The van der Waals surface area contributed by atoms with Gasteiger partial charge in [0.1, 0.15) is 0 Å². The van der Waals surface area contributed by atoms with Gasteiger partial charge in [-0.05, 0) is 29.8 Å². The zero-order chi connectivity index (χ0) is 22.6. The summed E-state index contributed by atoms with van der Waals surface area (Å²) in [5, 5.41) is 1.37. The molecule has 1 fully saturated rings. The minimum absolute atomic E-state index is 0.0228. The van der Waals surface area contributed by atoms with E-state index < -0.39 is 10.0 Å². The Morgan fingerprint density at radius 3 is 2.38 bits per heavy atom. The number of amides is 1. The van der Waals surface area contributed by atoms with E-state index in [4.69, 9.17) is 11.6 Å². The number of piperazine rings is 1. The Morgan fingerprint density at radius 1 is 1.00 bits per heavy atom. The van der Waals surface area contributed by atoms with Crippen LogP contribution >= 0.6 is 23.4 Å². The minimum atomic E-state index is -3.41. The van der Waals surface area contributed by atoms with Crippen molar-refractivity contribution in [3.8, 4) is 5.69 Å². The molecule has 32 heavy (non-hydrogen) atoms. The molecule has 3 aromatic rings. The molecular weight excluding hydrogens is 468 g/mol. The number of aromatic nitrogens is 2. The standard InChI is InChI=1S/C22H23ClN4O3S2/c23-19-6-8-20(9-7-19)27-11-10-24-22(27)31-16-21(28)25-12-14-26(15-13-25)32(29,30)17-18-4-2-1-3-5-18/h1-11H,12-17H2. The van der Waals surface area contributed by atoms with Gasteiger partial charge in [0, 0.05) is 49.3 Å². The second kappa shape index (κ2) is 10.1. The van der Waals surface area contributed by atoms with Gasteiger partial charge in [-0.25, -0.2) is 13.4 Å². The van der Waals surface area contributed by atoms with E-state index in [0.717, 1.165) is 11.3 Å². The number of carbonyl (C=O) groups excluding carboxylic acids is 1. The minimum Gasteiger partial charge on any atom is -0.339 e. The Labute approximate surface area is 197 Å². The van der Waals surface area contributed by atoms with Crippen LogP contribution in [0.3, 0.4) is 0 Å². The molecule has 1 aliphatic rings. The number of carbonyl (C=O) groups is 1. The van der Waals surface area contributed by atoms with Crippen LogP contribution in [0.5, 0.6) is 0 Å². The molecule has 0 bridgehead atoms. The highest BCUT2D eigenvalue weighted by Gasteiger charge is 2.29. The van der Waals surface area contributed by atoms with Crippen LogP contribution in [-0.2, 0) is 20.6 Å². The van der Waals surface area contributed by atoms with Gasteiger partial charge < -0.3 is 4.90 Å². The molecule has 2 aromatic carbocycles. The van der Waals surface area contributed by atoms with Crippen molar-refractivity contribution in [3.63, 3.8) is 0 Å². The number of hydrogen-bond acceptors (Lipinski definition) is 5. The maximum atomic E-state index is 12.7. The lowest BCUT2D eigenvalue weighted by atomic mass is 10.2. The van der Waals surface area contributed by atoms with Crippen LogP contribution in [0.15, 0.2) is 72.1 Å². The Hall–Kier alpha value is -2.33. The first-order valence-corrected chi connectivity index (χ1v) is 13.1. The van der Waals surface area contributed by atoms with Crippen LogP contribution < -0.4 is 0 Å². The number of nitrogens with zero attached hydrogens (tertiary/aromatic N) is 4. The summed E-state index contributed by atoms with van der Waals surface area (Å²) < 4.78 is 28.8. The first-order chi connectivity index (χ1) is 15.4. The van der Waals surface area contributed by atoms with Gasteiger partial charge in [0.2, 0.25) is 15.9 Å². The number of rotatable bonds is 7. The van der Waals surface area contributed by atoms with Crippen LogP contribution in [0.1, 0.15) is 5.56 Å². The Bertz CT molecular complexity index is 1160. The summed E-state index contributed by atoms with van der Waals surface area (Å²) in [6.45, 7) is 1.40. The molecule has 0 atom stereocenters. The zero-order valence-corrected chi connectivity index (χ0v) is 19.7. The first-order valence-electron chi connectivity index (χ1n) is 10.1. The lowest BCUT2D eigenvalue weighted by molar-refractivity contribution is -0.129. The fourth-order valence-electron chi connectivity index (χ4n) is 3.50.